The van der Waals surface area contributed by atoms with Crippen LogP contribution in [0.15, 0.2) is 60.8 Å². The average molecular weight is 375 g/mol. The molecule has 28 heavy (non-hydrogen) atoms. The molecule has 0 fully saturated rings. The number of rotatable bonds is 9. The summed E-state index contributed by atoms with van der Waals surface area (Å²) in [5.74, 6) is 0.943. The van der Waals surface area contributed by atoms with Crippen LogP contribution in [0.5, 0.6) is 0 Å². The van der Waals surface area contributed by atoms with E-state index in [1.165, 1.54) is 0 Å². The zero-order valence-corrected chi connectivity index (χ0v) is 16.1. The second-order valence-corrected chi connectivity index (χ2v) is 6.47. The molecular formula is C22H25N5O. The molecule has 1 aromatic carbocycles. The van der Waals surface area contributed by atoms with E-state index in [2.05, 4.69) is 32.5 Å². The van der Waals surface area contributed by atoms with Gasteiger partial charge >= 0.3 is 0 Å². The van der Waals surface area contributed by atoms with Gasteiger partial charge in [-0.25, -0.2) is 9.97 Å². The van der Waals surface area contributed by atoms with Gasteiger partial charge in [0.25, 0.3) is 5.91 Å². The van der Waals surface area contributed by atoms with Crippen molar-refractivity contribution in [2.24, 2.45) is 0 Å². The summed E-state index contributed by atoms with van der Waals surface area (Å²) in [5, 5.41) is 6.19. The summed E-state index contributed by atoms with van der Waals surface area (Å²) in [6.45, 7) is 3.33. The molecule has 3 rings (SSSR count). The van der Waals surface area contributed by atoms with Crippen LogP contribution in [-0.4, -0.2) is 27.4 Å². The number of hydrogen-bond donors (Lipinski definition) is 2. The van der Waals surface area contributed by atoms with Crippen molar-refractivity contribution in [2.45, 2.75) is 32.7 Å². The Morgan fingerprint density at radius 3 is 2.57 bits per heavy atom. The minimum atomic E-state index is -0.248. The molecule has 0 saturated carbocycles. The molecule has 0 radical (unpaired) electrons. The Morgan fingerprint density at radius 1 is 1.00 bits per heavy atom. The van der Waals surface area contributed by atoms with E-state index in [4.69, 9.17) is 0 Å². The van der Waals surface area contributed by atoms with Crippen LogP contribution >= 0.6 is 0 Å². The number of aromatic nitrogens is 3. The van der Waals surface area contributed by atoms with E-state index in [1.54, 1.807) is 12.3 Å². The van der Waals surface area contributed by atoms with E-state index < -0.39 is 0 Å². The maximum Gasteiger partial charge on any atom is 0.270 e. The number of carbonyl (C=O) groups excluding carboxylic acids is 1. The SMILES string of the molecule is CCCCCNc1cc(C(=O)NCc2ccccn2)nc(-c2ccccc2)n1. The number of pyridine rings is 1. The molecule has 1 amide bonds. The van der Waals surface area contributed by atoms with Gasteiger partial charge in [-0.1, -0.05) is 56.2 Å². The fraction of sp³-hybridized carbons (Fsp3) is 0.273. The van der Waals surface area contributed by atoms with Gasteiger partial charge in [0.15, 0.2) is 5.82 Å². The van der Waals surface area contributed by atoms with Crippen molar-refractivity contribution < 1.29 is 4.79 Å². The predicted molar refractivity (Wildman–Crippen MR) is 111 cm³/mol. The first-order valence-corrected chi connectivity index (χ1v) is 9.62. The Kier molecular flexibility index (Phi) is 7.07. The highest BCUT2D eigenvalue weighted by molar-refractivity contribution is 5.93. The molecule has 144 valence electrons. The number of nitrogens with one attached hydrogen (secondary N) is 2. The monoisotopic (exact) mass is 375 g/mol. The lowest BCUT2D eigenvalue weighted by molar-refractivity contribution is 0.0945. The predicted octanol–water partition coefficient (Wildman–Crippen LogP) is 4.07. The van der Waals surface area contributed by atoms with Gasteiger partial charge < -0.3 is 10.6 Å². The molecule has 2 aromatic heterocycles. The molecule has 0 aliphatic rings. The Hall–Kier alpha value is -3.28. The van der Waals surface area contributed by atoms with E-state index >= 15 is 0 Å². The zero-order valence-electron chi connectivity index (χ0n) is 16.1. The van der Waals surface area contributed by atoms with Crippen molar-refractivity contribution in [1.82, 2.24) is 20.3 Å². The summed E-state index contributed by atoms with van der Waals surface area (Å²) in [6, 6.07) is 17.0. The third-order valence-corrected chi connectivity index (χ3v) is 4.23. The number of nitrogens with zero attached hydrogens (tertiary/aromatic N) is 3. The minimum Gasteiger partial charge on any atom is -0.370 e. The van der Waals surface area contributed by atoms with E-state index in [-0.39, 0.29) is 5.91 Å². The molecular weight excluding hydrogens is 350 g/mol. The fourth-order valence-corrected chi connectivity index (χ4v) is 2.73. The van der Waals surface area contributed by atoms with Crippen molar-refractivity contribution >= 4 is 11.7 Å². The largest absolute Gasteiger partial charge is 0.370 e. The number of anilines is 1. The summed E-state index contributed by atoms with van der Waals surface area (Å²) < 4.78 is 0. The van der Waals surface area contributed by atoms with E-state index in [1.807, 2.05) is 48.5 Å². The van der Waals surface area contributed by atoms with Crippen LogP contribution in [0.1, 0.15) is 42.4 Å². The van der Waals surface area contributed by atoms with Crippen LogP contribution in [0.3, 0.4) is 0 Å². The van der Waals surface area contributed by atoms with Crippen LogP contribution < -0.4 is 10.6 Å². The summed E-state index contributed by atoms with van der Waals surface area (Å²) in [6.07, 6.45) is 5.07. The van der Waals surface area contributed by atoms with Crippen LogP contribution in [0.4, 0.5) is 5.82 Å². The quantitative estimate of drug-likeness (QED) is 0.551. The third kappa shape index (κ3) is 5.61. The second kappa shape index (κ2) is 10.2. The van der Waals surface area contributed by atoms with Gasteiger partial charge in [0.05, 0.1) is 12.2 Å². The molecule has 2 N–H and O–H groups in total. The first-order chi connectivity index (χ1) is 13.8. The lowest BCUT2D eigenvalue weighted by Gasteiger charge is -2.10. The van der Waals surface area contributed by atoms with Gasteiger partial charge in [-0.2, -0.15) is 0 Å². The molecule has 0 spiro atoms. The van der Waals surface area contributed by atoms with Gasteiger partial charge in [0.1, 0.15) is 11.5 Å². The smallest absolute Gasteiger partial charge is 0.270 e. The summed E-state index contributed by atoms with van der Waals surface area (Å²) in [4.78, 5) is 26.0. The maximum absolute atomic E-state index is 12.7. The average Bonchev–Trinajstić information content (AvgIpc) is 2.76. The van der Waals surface area contributed by atoms with Crippen molar-refractivity contribution in [1.29, 1.82) is 0 Å². The molecule has 0 aliphatic carbocycles. The highest BCUT2D eigenvalue weighted by Gasteiger charge is 2.13. The zero-order chi connectivity index (χ0) is 19.6. The van der Waals surface area contributed by atoms with E-state index in [0.29, 0.717) is 23.9 Å². The van der Waals surface area contributed by atoms with Crippen molar-refractivity contribution in [3.8, 4) is 11.4 Å². The summed E-state index contributed by atoms with van der Waals surface area (Å²) in [5.41, 5.74) is 2.01. The normalized spacial score (nSPS) is 10.5. The van der Waals surface area contributed by atoms with E-state index in [0.717, 1.165) is 37.1 Å². The van der Waals surface area contributed by atoms with Crippen LogP contribution in [0.2, 0.25) is 0 Å². The lowest BCUT2D eigenvalue weighted by atomic mass is 10.2. The Bertz CT molecular complexity index is 884. The number of benzene rings is 1. The molecule has 6 heteroatoms. The van der Waals surface area contributed by atoms with Crippen molar-refractivity contribution in [3.05, 3.63) is 72.2 Å². The number of unbranched alkanes of at least 4 members (excludes halogenated alkanes) is 2. The molecule has 0 atom stereocenters. The van der Waals surface area contributed by atoms with Crippen LogP contribution in [0, 0.1) is 0 Å². The fourth-order valence-electron chi connectivity index (χ4n) is 2.73. The van der Waals surface area contributed by atoms with Gasteiger partial charge in [-0.05, 0) is 18.6 Å². The maximum atomic E-state index is 12.7. The van der Waals surface area contributed by atoms with Crippen molar-refractivity contribution in [3.63, 3.8) is 0 Å². The van der Waals surface area contributed by atoms with Crippen LogP contribution in [0.25, 0.3) is 11.4 Å². The molecule has 0 saturated heterocycles. The summed E-state index contributed by atoms with van der Waals surface area (Å²) in [7, 11) is 0. The van der Waals surface area contributed by atoms with Gasteiger partial charge in [0, 0.05) is 24.4 Å². The minimum absolute atomic E-state index is 0.248. The van der Waals surface area contributed by atoms with Gasteiger partial charge in [-0.15, -0.1) is 0 Å². The second-order valence-electron chi connectivity index (χ2n) is 6.47. The Labute approximate surface area is 165 Å². The number of amides is 1. The Balaban J connectivity index is 1.78. The first kappa shape index (κ1) is 19.5. The van der Waals surface area contributed by atoms with Gasteiger partial charge in [-0.3, -0.25) is 9.78 Å². The molecule has 2 heterocycles. The summed E-state index contributed by atoms with van der Waals surface area (Å²) >= 11 is 0. The molecule has 0 bridgehead atoms. The Morgan fingerprint density at radius 2 is 1.82 bits per heavy atom. The number of hydrogen-bond acceptors (Lipinski definition) is 5. The highest BCUT2D eigenvalue weighted by atomic mass is 16.1. The van der Waals surface area contributed by atoms with Gasteiger partial charge in [0.2, 0.25) is 0 Å². The van der Waals surface area contributed by atoms with E-state index in [9.17, 15) is 4.79 Å². The molecule has 0 aliphatic heterocycles. The standard InChI is InChI=1S/C22H25N5O/c1-2-3-8-14-24-20-15-19(22(28)25-16-18-12-7-9-13-23-18)26-21(27-20)17-10-5-4-6-11-17/h4-7,9-13,15H,2-3,8,14,16H2,1H3,(H,25,28)(H,24,26,27). The van der Waals surface area contributed by atoms with Crippen LogP contribution in [-0.2, 0) is 6.54 Å². The third-order valence-electron chi connectivity index (χ3n) is 4.23. The topological polar surface area (TPSA) is 79.8 Å². The first-order valence-electron chi connectivity index (χ1n) is 9.62. The number of carbonyl (C=O) groups is 1. The molecule has 0 unspecified atom stereocenters. The molecule has 3 aromatic rings. The van der Waals surface area contributed by atoms with Crippen molar-refractivity contribution in [2.75, 3.05) is 11.9 Å². The highest BCUT2D eigenvalue weighted by Crippen LogP contribution is 2.18. The molecule has 6 nitrogen and oxygen atoms in total. The lowest BCUT2D eigenvalue weighted by Crippen LogP contribution is -2.25.